The summed E-state index contributed by atoms with van der Waals surface area (Å²) < 4.78 is 0. The van der Waals surface area contributed by atoms with Gasteiger partial charge in [-0.25, -0.2) is 0 Å². The molecule has 1 rings (SSSR count). The second-order valence-corrected chi connectivity index (χ2v) is 4.54. The van der Waals surface area contributed by atoms with Gasteiger partial charge in [0.1, 0.15) is 0 Å². The zero-order chi connectivity index (χ0) is 10.4. The van der Waals surface area contributed by atoms with Gasteiger partial charge < -0.3 is 5.32 Å². The molecule has 1 heterocycles. The van der Waals surface area contributed by atoms with Crippen LogP contribution in [0.15, 0.2) is 0 Å². The highest BCUT2D eigenvalue weighted by atomic mass is 15.2. The minimum atomic E-state index is 0.775. The normalized spacial score (nSPS) is 26.4. The Kier molecular flexibility index (Phi) is 5.49. The molecule has 2 heteroatoms. The van der Waals surface area contributed by atoms with Crippen molar-refractivity contribution >= 4 is 0 Å². The number of likely N-dealkylation sites (tertiary alicyclic amines) is 1. The average molecular weight is 198 g/mol. The minimum Gasteiger partial charge on any atom is -0.320 e. The molecular formula is C12H26N2. The van der Waals surface area contributed by atoms with Gasteiger partial charge in [0.25, 0.3) is 0 Å². The molecule has 0 radical (unpaired) electrons. The van der Waals surface area contributed by atoms with E-state index in [0.717, 1.165) is 18.6 Å². The Bertz CT molecular complexity index is 147. The number of rotatable bonds is 5. The number of hydrogen-bond donors (Lipinski definition) is 1. The Morgan fingerprint density at radius 3 is 2.86 bits per heavy atom. The molecule has 0 bridgehead atoms. The van der Waals surface area contributed by atoms with Crippen LogP contribution in [-0.4, -0.2) is 37.1 Å². The third kappa shape index (κ3) is 3.25. The van der Waals surface area contributed by atoms with E-state index in [1.807, 2.05) is 0 Å². The summed E-state index contributed by atoms with van der Waals surface area (Å²) in [6, 6.07) is 1.61. The van der Waals surface area contributed by atoms with Gasteiger partial charge in [0.05, 0.1) is 0 Å². The van der Waals surface area contributed by atoms with Crippen LogP contribution in [-0.2, 0) is 0 Å². The summed E-state index contributed by atoms with van der Waals surface area (Å²) in [4.78, 5) is 2.72. The summed E-state index contributed by atoms with van der Waals surface area (Å²) in [5.41, 5.74) is 0. The molecule has 0 aliphatic carbocycles. The van der Waals surface area contributed by atoms with E-state index in [2.05, 4.69) is 31.1 Å². The van der Waals surface area contributed by atoms with Crippen molar-refractivity contribution in [1.82, 2.24) is 10.2 Å². The van der Waals surface area contributed by atoms with Gasteiger partial charge in [-0.15, -0.1) is 0 Å². The zero-order valence-electron chi connectivity index (χ0n) is 10.1. The summed E-state index contributed by atoms with van der Waals surface area (Å²) in [5.74, 6) is 0. The summed E-state index contributed by atoms with van der Waals surface area (Å²) in [5, 5.41) is 3.27. The second-order valence-electron chi connectivity index (χ2n) is 4.54. The number of nitrogens with zero attached hydrogens (tertiary/aromatic N) is 1. The third-order valence-corrected chi connectivity index (χ3v) is 3.56. The summed E-state index contributed by atoms with van der Waals surface area (Å²) in [6.07, 6.45) is 6.85. The largest absolute Gasteiger partial charge is 0.320 e. The van der Waals surface area contributed by atoms with E-state index in [4.69, 9.17) is 0 Å². The monoisotopic (exact) mass is 198 g/mol. The molecule has 0 spiro atoms. The van der Waals surface area contributed by atoms with E-state index in [1.165, 1.54) is 38.6 Å². The first kappa shape index (κ1) is 12.0. The molecule has 2 unspecified atom stereocenters. The van der Waals surface area contributed by atoms with Gasteiger partial charge in [-0.3, -0.25) is 4.90 Å². The standard InChI is InChI=1S/C12H26N2/c1-4-11(2)14-10-6-5-7-12(14)8-9-13-3/h11-13H,4-10H2,1-3H3. The first-order valence-electron chi connectivity index (χ1n) is 6.20. The van der Waals surface area contributed by atoms with Crippen LogP contribution in [0.3, 0.4) is 0 Å². The van der Waals surface area contributed by atoms with Gasteiger partial charge in [-0.2, -0.15) is 0 Å². The molecule has 2 nitrogen and oxygen atoms in total. The molecule has 1 aliphatic rings. The predicted molar refractivity (Wildman–Crippen MR) is 62.6 cm³/mol. The van der Waals surface area contributed by atoms with Crippen LogP contribution in [0.4, 0.5) is 0 Å². The van der Waals surface area contributed by atoms with Crippen molar-refractivity contribution < 1.29 is 0 Å². The first-order valence-corrected chi connectivity index (χ1v) is 6.20. The molecule has 1 N–H and O–H groups in total. The lowest BCUT2D eigenvalue weighted by Gasteiger charge is -2.39. The van der Waals surface area contributed by atoms with Crippen molar-refractivity contribution in [2.75, 3.05) is 20.1 Å². The van der Waals surface area contributed by atoms with E-state index in [9.17, 15) is 0 Å². The van der Waals surface area contributed by atoms with Gasteiger partial charge in [0.2, 0.25) is 0 Å². The van der Waals surface area contributed by atoms with Crippen LogP contribution in [0, 0.1) is 0 Å². The lowest BCUT2D eigenvalue weighted by Crippen LogP contribution is -2.45. The third-order valence-electron chi connectivity index (χ3n) is 3.56. The van der Waals surface area contributed by atoms with Crippen LogP contribution in [0.25, 0.3) is 0 Å². The Morgan fingerprint density at radius 2 is 2.21 bits per heavy atom. The second kappa shape index (κ2) is 6.41. The SMILES string of the molecule is CCC(C)N1CCCCC1CCNC. The Morgan fingerprint density at radius 1 is 1.43 bits per heavy atom. The van der Waals surface area contributed by atoms with Gasteiger partial charge in [-0.05, 0) is 52.7 Å². The Labute approximate surface area is 89.1 Å². The van der Waals surface area contributed by atoms with Crippen molar-refractivity contribution in [3.8, 4) is 0 Å². The zero-order valence-corrected chi connectivity index (χ0v) is 10.1. The molecule has 0 amide bonds. The fraction of sp³-hybridized carbons (Fsp3) is 1.00. The Hall–Kier alpha value is -0.0800. The molecule has 84 valence electrons. The Balaban J connectivity index is 2.41. The summed E-state index contributed by atoms with van der Waals surface area (Å²) in [7, 11) is 2.05. The minimum absolute atomic E-state index is 0.775. The maximum Gasteiger partial charge on any atom is 0.0110 e. The van der Waals surface area contributed by atoms with Gasteiger partial charge in [0.15, 0.2) is 0 Å². The van der Waals surface area contributed by atoms with Crippen LogP contribution >= 0.6 is 0 Å². The van der Waals surface area contributed by atoms with Crippen molar-refractivity contribution in [2.24, 2.45) is 0 Å². The lowest BCUT2D eigenvalue weighted by molar-refractivity contribution is 0.0951. The maximum atomic E-state index is 3.27. The topological polar surface area (TPSA) is 15.3 Å². The highest BCUT2D eigenvalue weighted by molar-refractivity contribution is 4.80. The molecule has 1 saturated heterocycles. The highest BCUT2D eigenvalue weighted by Gasteiger charge is 2.24. The summed E-state index contributed by atoms with van der Waals surface area (Å²) >= 11 is 0. The fourth-order valence-electron chi connectivity index (χ4n) is 2.46. The van der Waals surface area contributed by atoms with Gasteiger partial charge in [0, 0.05) is 12.1 Å². The van der Waals surface area contributed by atoms with Crippen molar-refractivity contribution in [2.45, 2.75) is 58.0 Å². The van der Waals surface area contributed by atoms with E-state index < -0.39 is 0 Å². The first-order chi connectivity index (χ1) is 6.79. The van der Waals surface area contributed by atoms with Crippen LogP contribution in [0.5, 0.6) is 0 Å². The molecule has 14 heavy (non-hydrogen) atoms. The van der Waals surface area contributed by atoms with Crippen molar-refractivity contribution in [3.63, 3.8) is 0 Å². The van der Waals surface area contributed by atoms with Gasteiger partial charge >= 0.3 is 0 Å². The van der Waals surface area contributed by atoms with Crippen molar-refractivity contribution in [3.05, 3.63) is 0 Å². The fourth-order valence-corrected chi connectivity index (χ4v) is 2.46. The van der Waals surface area contributed by atoms with E-state index in [0.29, 0.717) is 0 Å². The summed E-state index contributed by atoms with van der Waals surface area (Å²) in [6.45, 7) is 7.16. The lowest BCUT2D eigenvalue weighted by atomic mass is 9.97. The van der Waals surface area contributed by atoms with Crippen LogP contribution in [0.1, 0.15) is 46.0 Å². The maximum absolute atomic E-state index is 3.27. The molecule has 1 fully saturated rings. The molecule has 0 aromatic heterocycles. The van der Waals surface area contributed by atoms with E-state index in [1.54, 1.807) is 0 Å². The van der Waals surface area contributed by atoms with Crippen LogP contribution in [0.2, 0.25) is 0 Å². The van der Waals surface area contributed by atoms with Gasteiger partial charge in [-0.1, -0.05) is 13.3 Å². The molecule has 0 aromatic carbocycles. The molecule has 2 atom stereocenters. The average Bonchev–Trinajstić information content (AvgIpc) is 2.25. The number of piperidine rings is 1. The number of hydrogen-bond acceptors (Lipinski definition) is 2. The number of nitrogens with one attached hydrogen (secondary N) is 1. The molecule has 0 aromatic rings. The molecule has 0 saturated carbocycles. The van der Waals surface area contributed by atoms with Crippen LogP contribution < -0.4 is 5.32 Å². The van der Waals surface area contributed by atoms with Crippen molar-refractivity contribution in [1.29, 1.82) is 0 Å². The van der Waals surface area contributed by atoms with E-state index >= 15 is 0 Å². The predicted octanol–water partition coefficient (Wildman–Crippen LogP) is 2.25. The van der Waals surface area contributed by atoms with E-state index in [-0.39, 0.29) is 0 Å². The smallest absolute Gasteiger partial charge is 0.0110 e. The highest BCUT2D eigenvalue weighted by Crippen LogP contribution is 2.22. The quantitative estimate of drug-likeness (QED) is 0.729. The molecule has 1 aliphatic heterocycles. The molecular weight excluding hydrogens is 172 g/mol.